The van der Waals surface area contributed by atoms with Crippen LogP contribution in [0, 0.1) is 0 Å². The highest BCUT2D eigenvalue weighted by Gasteiger charge is 2.28. The van der Waals surface area contributed by atoms with Crippen LogP contribution in [0.5, 0.6) is 0 Å². The van der Waals surface area contributed by atoms with Crippen LogP contribution in [0.2, 0.25) is 0 Å². The van der Waals surface area contributed by atoms with Gasteiger partial charge in [0.1, 0.15) is 23.8 Å². The number of rotatable bonds is 19. The Kier molecular flexibility index (Phi) is 13.6. The van der Waals surface area contributed by atoms with Crippen LogP contribution < -0.4 is 42.8 Å². The van der Waals surface area contributed by atoms with E-state index >= 15 is 0 Å². The van der Waals surface area contributed by atoms with E-state index in [0.717, 1.165) is 0 Å². The minimum Gasteiger partial charge on any atom is -0.481 e. The van der Waals surface area contributed by atoms with Crippen LogP contribution in [-0.4, -0.2) is 116 Å². The first-order chi connectivity index (χ1) is 24.0. The fourth-order valence-electron chi connectivity index (χ4n) is 5.02. The van der Waals surface area contributed by atoms with Gasteiger partial charge in [0, 0.05) is 50.7 Å². The second-order valence-corrected chi connectivity index (χ2v) is 11.5. The Labute approximate surface area is 289 Å². The van der Waals surface area contributed by atoms with Crippen molar-refractivity contribution in [3.63, 3.8) is 0 Å². The SMILES string of the molecule is CN1c2c(nc(N)[nH]c2=O)NC[C@@H]1CNc1ccc(C(=O)N[C@@H](CCC(=O)N[C@@H](CCC(=O)N[C@@H](CCC(=O)O)C(=O)O)C(=O)O)C(=O)O)cc1. The number of nitrogens with two attached hydrogens (primary N) is 1. The van der Waals surface area contributed by atoms with Crippen molar-refractivity contribution in [3.8, 4) is 0 Å². The van der Waals surface area contributed by atoms with Crippen LogP contribution in [0.3, 0.4) is 0 Å². The van der Waals surface area contributed by atoms with Gasteiger partial charge in [-0.1, -0.05) is 0 Å². The monoisotopic (exact) mass is 717 g/mol. The number of aliphatic carboxylic acids is 4. The van der Waals surface area contributed by atoms with Crippen LogP contribution in [0.4, 0.5) is 23.1 Å². The zero-order chi connectivity index (χ0) is 37.8. The third-order valence-corrected chi connectivity index (χ3v) is 7.84. The quantitative estimate of drug-likeness (QED) is 0.0782. The van der Waals surface area contributed by atoms with Crippen molar-refractivity contribution in [1.29, 1.82) is 0 Å². The molecule has 1 aliphatic rings. The first-order valence-electron chi connectivity index (χ1n) is 15.6. The van der Waals surface area contributed by atoms with Gasteiger partial charge in [0.25, 0.3) is 11.5 Å². The smallest absolute Gasteiger partial charge is 0.326 e. The Balaban J connectivity index is 1.48. The summed E-state index contributed by atoms with van der Waals surface area (Å²) in [7, 11) is 1.75. The summed E-state index contributed by atoms with van der Waals surface area (Å²) >= 11 is 0. The molecule has 0 radical (unpaired) electrons. The number of nitrogens with one attached hydrogen (secondary N) is 6. The molecule has 1 aromatic heterocycles. The Morgan fingerprint density at radius 2 is 1.35 bits per heavy atom. The van der Waals surface area contributed by atoms with Crippen molar-refractivity contribution in [1.82, 2.24) is 25.9 Å². The molecule has 1 aromatic carbocycles. The highest BCUT2D eigenvalue weighted by molar-refractivity contribution is 5.97. The third kappa shape index (κ3) is 11.6. The molecule has 51 heavy (non-hydrogen) atoms. The highest BCUT2D eigenvalue weighted by atomic mass is 16.4. The van der Waals surface area contributed by atoms with Crippen molar-refractivity contribution < 1.29 is 54.0 Å². The fraction of sp³-hybridized carbons (Fsp3) is 0.433. The summed E-state index contributed by atoms with van der Waals surface area (Å²) in [6.07, 6.45) is -2.80. The minimum absolute atomic E-state index is 0.00437. The minimum atomic E-state index is -1.58. The van der Waals surface area contributed by atoms with E-state index < -0.39 is 98.2 Å². The summed E-state index contributed by atoms with van der Waals surface area (Å²) in [5.41, 5.74) is 6.31. The molecule has 21 nitrogen and oxygen atoms in total. The number of H-pyrrole nitrogens is 1. The molecule has 3 rings (SSSR count). The predicted octanol–water partition coefficient (Wildman–Crippen LogP) is -1.56. The average Bonchev–Trinajstić information content (AvgIpc) is 3.05. The number of nitrogens with zero attached hydrogens (tertiary/aromatic N) is 2. The van der Waals surface area contributed by atoms with Crippen LogP contribution in [0.15, 0.2) is 29.1 Å². The topological polar surface area (TPSA) is 336 Å². The summed E-state index contributed by atoms with van der Waals surface area (Å²) in [4.78, 5) is 104. The number of carbonyl (C=O) groups is 7. The molecule has 276 valence electrons. The lowest BCUT2D eigenvalue weighted by Crippen LogP contribution is -2.48. The van der Waals surface area contributed by atoms with Crippen LogP contribution >= 0.6 is 0 Å². The van der Waals surface area contributed by atoms with Gasteiger partial charge < -0.3 is 57.6 Å². The molecule has 0 bridgehead atoms. The van der Waals surface area contributed by atoms with Gasteiger partial charge in [-0.3, -0.25) is 29.0 Å². The number of likely N-dealkylation sites (N-methyl/N-ethyl adjacent to an activating group) is 1. The predicted molar refractivity (Wildman–Crippen MR) is 178 cm³/mol. The lowest BCUT2D eigenvalue weighted by atomic mass is 10.1. The van der Waals surface area contributed by atoms with Crippen LogP contribution in [-0.2, 0) is 28.8 Å². The van der Waals surface area contributed by atoms with Gasteiger partial charge in [-0.15, -0.1) is 0 Å². The summed E-state index contributed by atoms with van der Waals surface area (Å²) in [5, 5.41) is 49.8. The van der Waals surface area contributed by atoms with Crippen molar-refractivity contribution in [3.05, 3.63) is 40.2 Å². The molecular weight excluding hydrogens is 678 g/mol. The molecule has 0 saturated carbocycles. The van der Waals surface area contributed by atoms with Crippen molar-refractivity contribution in [2.45, 2.75) is 62.7 Å². The van der Waals surface area contributed by atoms with Crippen molar-refractivity contribution in [2.75, 3.05) is 41.4 Å². The van der Waals surface area contributed by atoms with Crippen LogP contribution in [0.25, 0.3) is 0 Å². The maximum atomic E-state index is 12.8. The number of carbonyl (C=O) groups excluding carboxylic acids is 3. The summed E-state index contributed by atoms with van der Waals surface area (Å²) in [5.74, 6) is -7.84. The van der Waals surface area contributed by atoms with E-state index in [9.17, 15) is 48.6 Å². The van der Waals surface area contributed by atoms with Gasteiger partial charge >= 0.3 is 23.9 Å². The number of amides is 3. The molecule has 0 spiro atoms. The molecule has 2 heterocycles. The maximum Gasteiger partial charge on any atom is 0.326 e. The second kappa shape index (κ2) is 17.8. The number of anilines is 4. The molecule has 0 fully saturated rings. The van der Waals surface area contributed by atoms with E-state index in [-0.39, 0.29) is 23.1 Å². The van der Waals surface area contributed by atoms with E-state index in [1.165, 1.54) is 12.1 Å². The number of aromatic amines is 1. The molecule has 0 saturated heterocycles. The lowest BCUT2D eigenvalue weighted by molar-refractivity contribution is -0.144. The Morgan fingerprint density at radius 1 is 0.843 bits per heavy atom. The Hall–Kier alpha value is -6.41. The standard InChI is InChI=1S/C30H39N9O12/c1-39-16(13-33-24-23(39)26(45)38-30(31)37-24)12-32-15-4-2-14(3-5-15)25(44)36-19(29(50)51)7-10-21(41)34-17(27(46)47)6-9-20(40)35-18(28(48)49)8-11-22(42)43/h2-5,16-19,32H,6-13H2,1H3,(H,34,41)(H,35,40)(H,36,44)(H,42,43)(H,46,47)(H,48,49)(H,50,51)(H4,31,33,37,38,45)/t16-,17-,18-,19-/m0/s1. The van der Waals surface area contributed by atoms with Crippen molar-refractivity contribution in [2.24, 2.45) is 0 Å². The van der Waals surface area contributed by atoms with Gasteiger partial charge in [-0.25, -0.2) is 14.4 Å². The van der Waals surface area contributed by atoms with Gasteiger partial charge in [0.15, 0.2) is 5.82 Å². The highest BCUT2D eigenvalue weighted by Crippen LogP contribution is 2.25. The van der Waals surface area contributed by atoms with Crippen molar-refractivity contribution >= 4 is 64.7 Å². The van der Waals surface area contributed by atoms with E-state index in [0.29, 0.717) is 30.3 Å². The number of carboxylic acid groups (broad SMARTS) is 4. The van der Waals surface area contributed by atoms with Gasteiger partial charge in [-0.05, 0) is 43.5 Å². The zero-order valence-corrected chi connectivity index (χ0v) is 27.3. The van der Waals surface area contributed by atoms with E-state index in [2.05, 4.69) is 36.6 Å². The summed E-state index contributed by atoms with van der Waals surface area (Å²) in [6.45, 7) is 0.860. The number of carboxylic acids is 4. The number of benzene rings is 1. The number of hydrogen-bond donors (Lipinski definition) is 11. The van der Waals surface area contributed by atoms with E-state index in [4.69, 9.17) is 15.9 Å². The molecule has 0 unspecified atom stereocenters. The molecule has 0 aliphatic carbocycles. The average molecular weight is 718 g/mol. The normalized spacial score (nSPS) is 15.2. The fourth-order valence-corrected chi connectivity index (χ4v) is 5.02. The Morgan fingerprint density at radius 3 is 1.86 bits per heavy atom. The molecule has 12 N–H and O–H groups in total. The van der Waals surface area contributed by atoms with Gasteiger partial charge in [-0.2, -0.15) is 4.98 Å². The third-order valence-electron chi connectivity index (χ3n) is 7.84. The lowest BCUT2D eigenvalue weighted by Gasteiger charge is -2.35. The number of nitrogen functional groups attached to an aromatic ring is 1. The molecular formula is C30H39N9O12. The van der Waals surface area contributed by atoms with E-state index in [1.807, 2.05) is 0 Å². The first kappa shape index (κ1) is 39.0. The molecule has 4 atom stereocenters. The zero-order valence-electron chi connectivity index (χ0n) is 27.3. The number of hydrogen-bond acceptors (Lipinski definition) is 13. The van der Waals surface area contributed by atoms with Gasteiger partial charge in [0.05, 0.1) is 6.04 Å². The van der Waals surface area contributed by atoms with Gasteiger partial charge in [0.2, 0.25) is 17.8 Å². The number of aromatic nitrogens is 2. The summed E-state index contributed by atoms with van der Waals surface area (Å²) < 4.78 is 0. The maximum absolute atomic E-state index is 12.8. The van der Waals surface area contributed by atoms with Crippen LogP contribution in [0.1, 0.15) is 48.9 Å². The Bertz CT molecular complexity index is 1700. The summed E-state index contributed by atoms with van der Waals surface area (Å²) in [6, 6.07) is 1.35. The molecule has 3 amide bonds. The molecule has 21 heteroatoms. The molecule has 1 aliphatic heterocycles. The number of fused-ring (bicyclic) bond motifs is 1. The largest absolute Gasteiger partial charge is 0.481 e. The first-order valence-corrected chi connectivity index (χ1v) is 15.6. The second-order valence-electron chi connectivity index (χ2n) is 11.5. The van der Waals surface area contributed by atoms with E-state index in [1.54, 1.807) is 24.1 Å². The molecule has 2 aromatic rings.